The van der Waals surface area contributed by atoms with Crippen molar-refractivity contribution in [1.29, 1.82) is 0 Å². The summed E-state index contributed by atoms with van der Waals surface area (Å²) in [7, 11) is 0. The molecule has 0 saturated carbocycles. The molecule has 1 atom stereocenters. The molecule has 0 aromatic heterocycles. The fraction of sp³-hybridized carbons (Fsp3) is 0.333. The summed E-state index contributed by atoms with van der Waals surface area (Å²) in [5.41, 5.74) is 6.18. The zero-order valence-corrected chi connectivity index (χ0v) is 9.23. The highest BCUT2D eigenvalue weighted by Gasteiger charge is 2.31. The van der Waals surface area contributed by atoms with Crippen LogP contribution < -0.4 is 5.73 Å². The average molecular weight is 236 g/mol. The molecule has 0 aliphatic carbocycles. The van der Waals surface area contributed by atoms with Gasteiger partial charge in [-0.1, -0.05) is 12.1 Å². The number of benzene rings is 1. The molecule has 1 saturated heterocycles. The molecule has 2 rings (SSSR count). The Hall–Kier alpha value is -1.75. The Kier molecular flexibility index (Phi) is 3.19. The summed E-state index contributed by atoms with van der Waals surface area (Å²) in [4.78, 5) is 24.4. The van der Waals surface area contributed by atoms with Crippen LogP contribution in [0.5, 0.6) is 0 Å². The normalized spacial score (nSPS) is 20.8. The van der Waals surface area contributed by atoms with E-state index in [1.165, 1.54) is 12.1 Å². The van der Waals surface area contributed by atoms with Crippen LogP contribution in [-0.4, -0.2) is 22.8 Å². The highest BCUT2D eigenvalue weighted by atomic mass is 19.1. The third kappa shape index (κ3) is 2.50. The van der Waals surface area contributed by atoms with Gasteiger partial charge in [-0.25, -0.2) is 4.39 Å². The monoisotopic (exact) mass is 236 g/mol. The molecule has 1 aliphatic heterocycles. The number of nitrogens with zero attached hydrogens (tertiary/aromatic N) is 1. The number of carbonyl (C=O) groups excluding carboxylic acids is 2. The first-order valence-corrected chi connectivity index (χ1v) is 5.42. The van der Waals surface area contributed by atoms with Crippen molar-refractivity contribution in [1.82, 2.24) is 4.90 Å². The standard InChI is InChI=1S/C12H13FN2O2/c13-9-3-1-2-8(6-9)7-15-11(16)5-4-10(14)12(15)17/h1-3,6,10H,4-5,7,14H2. The molecule has 2 N–H and O–H groups in total. The molecule has 4 nitrogen and oxygen atoms in total. The van der Waals surface area contributed by atoms with Crippen LogP contribution in [0.25, 0.3) is 0 Å². The van der Waals surface area contributed by atoms with Crippen LogP contribution in [0.2, 0.25) is 0 Å². The number of halogens is 1. The summed E-state index contributed by atoms with van der Waals surface area (Å²) < 4.78 is 13.0. The van der Waals surface area contributed by atoms with E-state index >= 15 is 0 Å². The van der Waals surface area contributed by atoms with Crippen molar-refractivity contribution in [3.63, 3.8) is 0 Å². The van der Waals surface area contributed by atoms with Crippen molar-refractivity contribution in [2.45, 2.75) is 25.4 Å². The molecule has 2 amide bonds. The van der Waals surface area contributed by atoms with Gasteiger partial charge in [-0.2, -0.15) is 0 Å². The van der Waals surface area contributed by atoms with Crippen LogP contribution >= 0.6 is 0 Å². The van der Waals surface area contributed by atoms with Crippen LogP contribution in [0.1, 0.15) is 18.4 Å². The summed E-state index contributed by atoms with van der Waals surface area (Å²) in [5.74, 6) is -1.02. The first kappa shape index (κ1) is 11.7. The zero-order chi connectivity index (χ0) is 12.4. The van der Waals surface area contributed by atoms with Crippen LogP contribution in [-0.2, 0) is 16.1 Å². The van der Waals surface area contributed by atoms with Gasteiger partial charge in [0.25, 0.3) is 0 Å². The summed E-state index contributed by atoms with van der Waals surface area (Å²) >= 11 is 0. The number of carbonyl (C=O) groups is 2. The Morgan fingerprint density at radius 3 is 2.88 bits per heavy atom. The molecule has 5 heteroatoms. The minimum atomic E-state index is -0.624. The van der Waals surface area contributed by atoms with Gasteiger partial charge in [0.05, 0.1) is 12.6 Å². The maximum Gasteiger partial charge on any atom is 0.246 e. The van der Waals surface area contributed by atoms with Gasteiger partial charge in [0.15, 0.2) is 0 Å². The summed E-state index contributed by atoms with van der Waals surface area (Å²) in [6.45, 7) is 0.0864. The maximum absolute atomic E-state index is 13.0. The van der Waals surface area contributed by atoms with Crippen LogP contribution in [0.4, 0.5) is 4.39 Å². The van der Waals surface area contributed by atoms with Gasteiger partial charge in [-0.05, 0) is 24.1 Å². The molecule has 0 radical (unpaired) electrons. The quantitative estimate of drug-likeness (QED) is 0.772. The summed E-state index contributed by atoms with van der Waals surface area (Å²) in [6.07, 6.45) is 0.652. The molecule has 1 aromatic carbocycles. The second kappa shape index (κ2) is 4.63. The van der Waals surface area contributed by atoms with Crippen molar-refractivity contribution in [2.24, 2.45) is 5.73 Å². The fourth-order valence-corrected chi connectivity index (χ4v) is 1.84. The Balaban J connectivity index is 2.16. The number of hydrogen-bond donors (Lipinski definition) is 1. The number of rotatable bonds is 2. The van der Waals surface area contributed by atoms with Gasteiger partial charge in [0, 0.05) is 6.42 Å². The lowest BCUT2D eigenvalue weighted by Crippen LogP contribution is -2.50. The zero-order valence-electron chi connectivity index (χ0n) is 9.23. The largest absolute Gasteiger partial charge is 0.320 e. The van der Waals surface area contributed by atoms with E-state index in [0.717, 1.165) is 4.90 Å². The maximum atomic E-state index is 13.0. The van der Waals surface area contributed by atoms with Crippen molar-refractivity contribution >= 4 is 11.8 Å². The third-order valence-electron chi connectivity index (χ3n) is 2.78. The molecule has 1 fully saturated rings. The predicted molar refractivity (Wildman–Crippen MR) is 59.2 cm³/mol. The predicted octanol–water partition coefficient (Wildman–Crippen LogP) is 0.802. The topological polar surface area (TPSA) is 63.4 Å². The molecular weight excluding hydrogens is 223 g/mol. The molecule has 0 bridgehead atoms. The van der Waals surface area contributed by atoms with Crippen molar-refractivity contribution in [2.75, 3.05) is 0 Å². The summed E-state index contributed by atoms with van der Waals surface area (Å²) in [5, 5.41) is 0. The number of hydrogen-bond acceptors (Lipinski definition) is 3. The fourth-order valence-electron chi connectivity index (χ4n) is 1.84. The lowest BCUT2D eigenvalue weighted by atomic mass is 10.0. The molecule has 1 aliphatic rings. The molecule has 1 aromatic rings. The van der Waals surface area contributed by atoms with E-state index in [1.807, 2.05) is 0 Å². The second-order valence-electron chi connectivity index (χ2n) is 4.09. The number of piperidine rings is 1. The van der Waals surface area contributed by atoms with E-state index in [4.69, 9.17) is 5.73 Å². The minimum absolute atomic E-state index is 0.0864. The van der Waals surface area contributed by atoms with Crippen LogP contribution in [0.15, 0.2) is 24.3 Å². The third-order valence-corrected chi connectivity index (χ3v) is 2.78. The van der Waals surface area contributed by atoms with Crippen LogP contribution in [0.3, 0.4) is 0 Å². The molecule has 17 heavy (non-hydrogen) atoms. The SMILES string of the molecule is NC1CCC(=O)N(Cc2cccc(F)c2)C1=O. The number of amides is 2. The van der Waals surface area contributed by atoms with Crippen molar-refractivity contribution in [3.8, 4) is 0 Å². The number of imide groups is 1. The Morgan fingerprint density at radius 1 is 1.41 bits per heavy atom. The molecular formula is C12H13FN2O2. The Bertz CT molecular complexity index is 462. The first-order chi connectivity index (χ1) is 8.08. The number of nitrogens with two attached hydrogens (primary N) is 1. The number of likely N-dealkylation sites (tertiary alicyclic amines) is 1. The van der Waals surface area contributed by atoms with E-state index in [1.54, 1.807) is 12.1 Å². The highest BCUT2D eigenvalue weighted by molar-refractivity contribution is 6.00. The first-order valence-electron chi connectivity index (χ1n) is 5.42. The van der Waals surface area contributed by atoms with Gasteiger partial charge < -0.3 is 5.73 Å². The van der Waals surface area contributed by atoms with Gasteiger partial charge in [-0.15, -0.1) is 0 Å². The smallest absolute Gasteiger partial charge is 0.246 e. The Labute approximate surface area is 98.2 Å². The van der Waals surface area contributed by atoms with Gasteiger partial charge in [0.1, 0.15) is 5.82 Å². The van der Waals surface area contributed by atoms with E-state index in [2.05, 4.69) is 0 Å². The van der Waals surface area contributed by atoms with Gasteiger partial charge in [-0.3, -0.25) is 14.5 Å². The molecule has 0 spiro atoms. The Morgan fingerprint density at radius 2 is 2.18 bits per heavy atom. The summed E-state index contributed by atoms with van der Waals surface area (Å²) in [6, 6.07) is 5.21. The average Bonchev–Trinajstić information content (AvgIpc) is 2.30. The molecule has 1 heterocycles. The molecule has 90 valence electrons. The lowest BCUT2D eigenvalue weighted by molar-refractivity contribution is -0.149. The molecule has 1 unspecified atom stereocenters. The highest BCUT2D eigenvalue weighted by Crippen LogP contribution is 2.15. The van der Waals surface area contributed by atoms with Crippen molar-refractivity contribution in [3.05, 3.63) is 35.6 Å². The van der Waals surface area contributed by atoms with Crippen molar-refractivity contribution < 1.29 is 14.0 Å². The lowest BCUT2D eigenvalue weighted by Gasteiger charge is -2.28. The van der Waals surface area contributed by atoms with Gasteiger partial charge >= 0.3 is 0 Å². The van der Waals surface area contributed by atoms with E-state index in [9.17, 15) is 14.0 Å². The second-order valence-corrected chi connectivity index (χ2v) is 4.09. The van der Waals surface area contributed by atoms with Gasteiger partial charge in [0.2, 0.25) is 11.8 Å². The van der Waals surface area contributed by atoms with E-state index in [0.29, 0.717) is 12.0 Å². The minimum Gasteiger partial charge on any atom is -0.320 e. The van der Waals surface area contributed by atoms with E-state index < -0.39 is 6.04 Å². The van der Waals surface area contributed by atoms with Crippen LogP contribution in [0, 0.1) is 5.82 Å². The van der Waals surface area contributed by atoms with E-state index in [-0.39, 0.29) is 30.6 Å².